The van der Waals surface area contributed by atoms with Gasteiger partial charge in [0.05, 0.1) is 0 Å². The zero-order chi connectivity index (χ0) is 12.5. The second kappa shape index (κ2) is 4.86. The van der Waals surface area contributed by atoms with E-state index in [-0.39, 0.29) is 5.60 Å². The van der Waals surface area contributed by atoms with E-state index in [1.54, 1.807) is 0 Å². The number of hydrogen-bond acceptors (Lipinski definition) is 3. The van der Waals surface area contributed by atoms with Crippen molar-refractivity contribution in [3.8, 4) is 0 Å². The van der Waals surface area contributed by atoms with Crippen LogP contribution in [-0.4, -0.2) is 16.6 Å². The van der Waals surface area contributed by atoms with Crippen LogP contribution in [0.2, 0.25) is 0 Å². The van der Waals surface area contributed by atoms with Crippen molar-refractivity contribution in [2.75, 3.05) is 6.61 Å². The molecule has 0 radical (unpaired) electrons. The Bertz CT molecular complexity index is 453. The molecular formula is C13H20N2OS. The third-order valence-electron chi connectivity index (χ3n) is 3.42. The lowest BCUT2D eigenvalue weighted by Crippen LogP contribution is -2.28. The van der Waals surface area contributed by atoms with E-state index in [4.69, 9.17) is 17.0 Å². The number of rotatable bonds is 5. The van der Waals surface area contributed by atoms with Crippen LogP contribution in [0.1, 0.15) is 57.5 Å². The molecule has 17 heavy (non-hydrogen) atoms. The van der Waals surface area contributed by atoms with E-state index >= 15 is 0 Å². The predicted octanol–water partition coefficient (Wildman–Crippen LogP) is 3.68. The topological polar surface area (TPSA) is 37.9 Å². The van der Waals surface area contributed by atoms with Crippen molar-refractivity contribution in [1.29, 1.82) is 0 Å². The third-order valence-corrected chi connectivity index (χ3v) is 3.63. The van der Waals surface area contributed by atoms with E-state index in [9.17, 15) is 0 Å². The molecule has 3 nitrogen and oxygen atoms in total. The fourth-order valence-corrected chi connectivity index (χ4v) is 2.22. The molecule has 4 heteroatoms. The molecule has 1 aromatic rings. The molecule has 0 aliphatic heterocycles. The molecule has 1 heterocycles. The number of aromatic amines is 1. The minimum atomic E-state index is -0.354. The summed E-state index contributed by atoms with van der Waals surface area (Å²) in [7, 11) is 0. The Labute approximate surface area is 108 Å². The maximum atomic E-state index is 5.83. The molecule has 0 aromatic carbocycles. The summed E-state index contributed by atoms with van der Waals surface area (Å²) in [4.78, 5) is 7.86. The fourth-order valence-electron chi connectivity index (χ4n) is 2.00. The normalized spacial score (nSPS) is 19.0. The van der Waals surface area contributed by atoms with Gasteiger partial charge in [0.1, 0.15) is 16.1 Å². The van der Waals surface area contributed by atoms with Gasteiger partial charge in [0.25, 0.3) is 0 Å². The maximum absolute atomic E-state index is 5.83. The molecule has 1 aromatic heterocycles. The minimum Gasteiger partial charge on any atom is -0.368 e. The lowest BCUT2D eigenvalue weighted by molar-refractivity contribution is -0.0392. The van der Waals surface area contributed by atoms with E-state index in [1.165, 1.54) is 18.5 Å². The lowest BCUT2D eigenvalue weighted by atomic mass is 10.0. The van der Waals surface area contributed by atoms with Crippen molar-refractivity contribution in [3.63, 3.8) is 0 Å². The molecule has 0 saturated heterocycles. The predicted molar refractivity (Wildman–Crippen MR) is 70.7 cm³/mol. The van der Waals surface area contributed by atoms with Gasteiger partial charge in [-0.25, -0.2) is 4.98 Å². The van der Waals surface area contributed by atoms with Gasteiger partial charge in [-0.2, -0.15) is 0 Å². The molecular weight excluding hydrogens is 232 g/mol. The Morgan fingerprint density at radius 1 is 1.53 bits per heavy atom. The molecule has 2 rings (SSSR count). The zero-order valence-electron chi connectivity index (χ0n) is 10.7. The lowest BCUT2D eigenvalue weighted by Gasteiger charge is -2.27. The maximum Gasteiger partial charge on any atom is 0.140 e. The van der Waals surface area contributed by atoms with Gasteiger partial charge in [0.2, 0.25) is 0 Å². The smallest absolute Gasteiger partial charge is 0.140 e. The summed E-state index contributed by atoms with van der Waals surface area (Å²) in [5.74, 6) is 1.53. The standard InChI is InChI=1S/C13H20N2OS/c1-4-13(3,16-5-2)12-14-10(9-6-7-9)8-11(17)15-12/h8-9H,4-7H2,1-3H3,(H,14,15,17). The molecule has 1 unspecified atom stereocenters. The number of hydrogen-bond donors (Lipinski definition) is 1. The van der Waals surface area contributed by atoms with Gasteiger partial charge < -0.3 is 9.72 Å². The zero-order valence-corrected chi connectivity index (χ0v) is 11.6. The highest BCUT2D eigenvalue weighted by Gasteiger charge is 2.30. The van der Waals surface area contributed by atoms with Crippen LogP contribution in [-0.2, 0) is 10.3 Å². The molecule has 1 aliphatic carbocycles. The average molecular weight is 252 g/mol. The summed E-state index contributed by atoms with van der Waals surface area (Å²) >= 11 is 5.25. The number of H-pyrrole nitrogens is 1. The van der Waals surface area contributed by atoms with Crippen LogP contribution in [0.4, 0.5) is 0 Å². The Morgan fingerprint density at radius 2 is 2.24 bits per heavy atom. The van der Waals surface area contributed by atoms with E-state index in [1.807, 2.05) is 13.0 Å². The van der Waals surface area contributed by atoms with Crippen LogP contribution < -0.4 is 0 Å². The Kier molecular flexibility index (Phi) is 3.64. The molecule has 94 valence electrons. The second-order valence-corrected chi connectivity index (χ2v) is 5.23. The molecule has 1 fully saturated rings. The van der Waals surface area contributed by atoms with Gasteiger partial charge in [-0.05, 0) is 45.1 Å². The SMILES string of the molecule is CCOC(C)(CC)c1nc(=S)cc(C2CC2)[nH]1. The van der Waals surface area contributed by atoms with Crippen LogP contribution in [0.15, 0.2) is 6.07 Å². The summed E-state index contributed by atoms with van der Waals surface area (Å²) in [6, 6.07) is 1.98. The van der Waals surface area contributed by atoms with E-state index in [2.05, 4.69) is 23.8 Å². The van der Waals surface area contributed by atoms with Crippen molar-refractivity contribution >= 4 is 12.2 Å². The van der Waals surface area contributed by atoms with Gasteiger partial charge in [0.15, 0.2) is 0 Å². The van der Waals surface area contributed by atoms with Crippen LogP contribution in [0.5, 0.6) is 0 Å². The van der Waals surface area contributed by atoms with Crippen molar-refractivity contribution in [2.24, 2.45) is 0 Å². The molecule has 0 bridgehead atoms. The molecule has 0 spiro atoms. The minimum absolute atomic E-state index is 0.354. The third kappa shape index (κ3) is 2.75. The molecule has 1 saturated carbocycles. The Balaban J connectivity index is 2.39. The number of aromatic nitrogens is 2. The summed E-state index contributed by atoms with van der Waals surface area (Å²) in [5.41, 5.74) is 0.868. The van der Waals surface area contributed by atoms with Crippen molar-refractivity contribution in [3.05, 3.63) is 22.2 Å². The number of nitrogens with one attached hydrogen (secondary N) is 1. The van der Waals surface area contributed by atoms with Gasteiger partial charge in [-0.1, -0.05) is 19.1 Å². The average Bonchev–Trinajstić information content (AvgIpc) is 3.12. The highest BCUT2D eigenvalue weighted by atomic mass is 32.1. The molecule has 0 amide bonds. The van der Waals surface area contributed by atoms with Crippen LogP contribution in [0.25, 0.3) is 0 Å². The summed E-state index contributed by atoms with van der Waals surface area (Å²) in [6.45, 7) is 6.87. The van der Waals surface area contributed by atoms with Gasteiger partial charge in [0, 0.05) is 12.3 Å². The van der Waals surface area contributed by atoms with E-state index in [0.717, 1.165) is 12.2 Å². The Morgan fingerprint density at radius 3 is 2.76 bits per heavy atom. The highest BCUT2D eigenvalue weighted by Crippen LogP contribution is 2.39. The quantitative estimate of drug-likeness (QED) is 0.812. The number of ether oxygens (including phenoxy) is 1. The van der Waals surface area contributed by atoms with E-state index < -0.39 is 0 Å². The highest BCUT2D eigenvalue weighted by molar-refractivity contribution is 7.71. The fraction of sp³-hybridized carbons (Fsp3) is 0.692. The van der Waals surface area contributed by atoms with Gasteiger partial charge >= 0.3 is 0 Å². The molecule has 1 N–H and O–H groups in total. The summed E-state index contributed by atoms with van der Waals surface area (Å²) in [6.07, 6.45) is 3.39. The first-order chi connectivity index (χ1) is 8.09. The molecule has 1 aliphatic rings. The first-order valence-corrected chi connectivity index (χ1v) is 6.75. The van der Waals surface area contributed by atoms with Crippen LogP contribution >= 0.6 is 12.2 Å². The van der Waals surface area contributed by atoms with Gasteiger partial charge in [-0.15, -0.1) is 0 Å². The largest absolute Gasteiger partial charge is 0.368 e. The second-order valence-electron chi connectivity index (χ2n) is 4.82. The number of nitrogens with zero attached hydrogens (tertiary/aromatic N) is 1. The van der Waals surface area contributed by atoms with Crippen molar-refractivity contribution < 1.29 is 4.74 Å². The first kappa shape index (κ1) is 12.7. The van der Waals surface area contributed by atoms with Gasteiger partial charge in [-0.3, -0.25) is 0 Å². The Hall–Kier alpha value is -0.740. The first-order valence-electron chi connectivity index (χ1n) is 6.34. The summed E-state index contributed by atoms with van der Waals surface area (Å²) in [5, 5.41) is 0. The monoisotopic (exact) mass is 252 g/mol. The van der Waals surface area contributed by atoms with E-state index in [0.29, 0.717) is 17.2 Å². The van der Waals surface area contributed by atoms with Crippen LogP contribution in [0.3, 0.4) is 0 Å². The van der Waals surface area contributed by atoms with Crippen molar-refractivity contribution in [2.45, 2.75) is 51.6 Å². The van der Waals surface area contributed by atoms with Crippen molar-refractivity contribution in [1.82, 2.24) is 9.97 Å². The molecule has 1 atom stereocenters. The van der Waals surface area contributed by atoms with Crippen LogP contribution in [0, 0.1) is 4.64 Å². The summed E-state index contributed by atoms with van der Waals surface area (Å²) < 4.78 is 6.50.